The summed E-state index contributed by atoms with van der Waals surface area (Å²) in [5.41, 5.74) is 1.37. The van der Waals surface area contributed by atoms with E-state index in [1.165, 1.54) is 44.5 Å². The molecule has 0 amide bonds. The van der Waals surface area contributed by atoms with Crippen molar-refractivity contribution in [2.45, 2.75) is 39.0 Å². The first-order valence-electron chi connectivity index (χ1n) is 7.32. The topological polar surface area (TPSA) is 12.5 Å². The van der Waals surface area contributed by atoms with Crippen molar-refractivity contribution in [3.63, 3.8) is 0 Å². The van der Waals surface area contributed by atoms with Crippen LogP contribution in [0.4, 0.5) is 0 Å². The minimum Gasteiger partial charge on any atom is -0.494 e. The number of unbranched alkanes of at least 4 members (excludes halogenated alkanes) is 1. The molecule has 1 aliphatic rings. The van der Waals surface area contributed by atoms with Gasteiger partial charge in [-0.15, -0.1) is 0 Å². The Hall–Kier alpha value is -1.02. The van der Waals surface area contributed by atoms with E-state index in [1.807, 2.05) is 0 Å². The highest BCUT2D eigenvalue weighted by molar-refractivity contribution is 5.27. The number of aryl methyl sites for hydroxylation is 1. The smallest absolute Gasteiger partial charge is 0.119 e. The first kappa shape index (κ1) is 13.4. The summed E-state index contributed by atoms with van der Waals surface area (Å²) in [4.78, 5) is 2.57. The Morgan fingerprint density at radius 1 is 1.06 bits per heavy atom. The Labute approximate surface area is 111 Å². The molecule has 2 rings (SSSR count). The molecule has 0 atom stereocenters. The van der Waals surface area contributed by atoms with Crippen LogP contribution < -0.4 is 4.74 Å². The van der Waals surface area contributed by atoms with E-state index in [0.29, 0.717) is 0 Å². The maximum absolute atomic E-state index is 5.75. The lowest BCUT2D eigenvalue weighted by atomic mass is 10.2. The van der Waals surface area contributed by atoms with E-state index in [1.54, 1.807) is 0 Å². The highest BCUT2D eigenvalue weighted by Crippen LogP contribution is 2.13. The molecule has 1 heterocycles. The van der Waals surface area contributed by atoms with E-state index in [9.17, 15) is 0 Å². The summed E-state index contributed by atoms with van der Waals surface area (Å²) in [6, 6.07) is 8.47. The van der Waals surface area contributed by atoms with Crippen LogP contribution in [0.3, 0.4) is 0 Å². The van der Waals surface area contributed by atoms with Crippen molar-refractivity contribution in [3.05, 3.63) is 29.8 Å². The standard InChI is InChI=1S/C16H25NO/c1-2-15-7-9-16(10-8-15)18-14-6-5-13-17-11-3-4-12-17/h7-10H,2-6,11-14H2,1H3. The largest absolute Gasteiger partial charge is 0.494 e. The minimum atomic E-state index is 0.847. The predicted octanol–water partition coefficient (Wildman–Crippen LogP) is 3.50. The van der Waals surface area contributed by atoms with Gasteiger partial charge in [-0.05, 0) is 69.4 Å². The van der Waals surface area contributed by atoms with E-state index in [4.69, 9.17) is 4.74 Å². The Kier molecular flexibility index (Phi) is 5.53. The summed E-state index contributed by atoms with van der Waals surface area (Å²) in [5.74, 6) is 1.01. The Bertz CT molecular complexity index is 327. The molecular formula is C16H25NO. The molecule has 0 bridgehead atoms. The first-order chi connectivity index (χ1) is 8.88. The maximum Gasteiger partial charge on any atom is 0.119 e. The molecule has 18 heavy (non-hydrogen) atoms. The van der Waals surface area contributed by atoms with Crippen LogP contribution in [0.15, 0.2) is 24.3 Å². The van der Waals surface area contributed by atoms with Crippen LogP contribution >= 0.6 is 0 Å². The van der Waals surface area contributed by atoms with Crippen LogP contribution in [0.25, 0.3) is 0 Å². The lowest BCUT2D eigenvalue weighted by Gasteiger charge is -2.14. The average molecular weight is 247 g/mol. The van der Waals surface area contributed by atoms with Crippen molar-refractivity contribution < 1.29 is 4.74 Å². The number of rotatable bonds is 7. The van der Waals surface area contributed by atoms with Gasteiger partial charge >= 0.3 is 0 Å². The fourth-order valence-corrected chi connectivity index (χ4v) is 2.46. The van der Waals surface area contributed by atoms with Crippen LogP contribution in [-0.4, -0.2) is 31.1 Å². The molecule has 2 heteroatoms. The zero-order valence-corrected chi connectivity index (χ0v) is 11.5. The quantitative estimate of drug-likeness (QED) is 0.684. The highest BCUT2D eigenvalue weighted by Gasteiger charge is 2.09. The molecule has 0 radical (unpaired) electrons. The molecule has 1 aliphatic heterocycles. The molecule has 1 aromatic rings. The van der Waals surface area contributed by atoms with Gasteiger partial charge in [-0.3, -0.25) is 0 Å². The van der Waals surface area contributed by atoms with Crippen molar-refractivity contribution in [2.24, 2.45) is 0 Å². The van der Waals surface area contributed by atoms with Gasteiger partial charge in [0.25, 0.3) is 0 Å². The second kappa shape index (κ2) is 7.42. The molecule has 0 unspecified atom stereocenters. The van der Waals surface area contributed by atoms with Gasteiger partial charge in [0, 0.05) is 0 Å². The second-order valence-electron chi connectivity index (χ2n) is 5.10. The predicted molar refractivity (Wildman–Crippen MR) is 76.2 cm³/mol. The fraction of sp³-hybridized carbons (Fsp3) is 0.625. The van der Waals surface area contributed by atoms with Gasteiger partial charge in [-0.2, -0.15) is 0 Å². The van der Waals surface area contributed by atoms with Crippen LogP contribution in [0.5, 0.6) is 5.75 Å². The zero-order chi connectivity index (χ0) is 12.6. The van der Waals surface area contributed by atoms with E-state index in [2.05, 4.69) is 36.1 Å². The van der Waals surface area contributed by atoms with Crippen LogP contribution in [0, 0.1) is 0 Å². The van der Waals surface area contributed by atoms with Crippen molar-refractivity contribution in [3.8, 4) is 5.75 Å². The monoisotopic (exact) mass is 247 g/mol. The number of hydrogen-bond acceptors (Lipinski definition) is 2. The summed E-state index contributed by atoms with van der Waals surface area (Å²) in [7, 11) is 0. The summed E-state index contributed by atoms with van der Waals surface area (Å²) in [5, 5.41) is 0. The molecule has 2 nitrogen and oxygen atoms in total. The van der Waals surface area contributed by atoms with Gasteiger partial charge in [0.2, 0.25) is 0 Å². The maximum atomic E-state index is 5.75. The van der Waals surface area contributed by atoms with Crippen LogP contribution in [0.2, 0.25) is 0 Å². The summed E-state index contributed by atoms with van der Waals surface area (Å²) in [6.07, 6.45) is 6.29. The second-order valence-corrected chi connectivity index (χ2v) is 5.10. The Balaban J connectivity index is 1.56. The molecule has 1 aromatic carbocycles. The molecule has 0 N–H and O–H groups in total. The van der Waals surface area contributed by atoms with E-state index < -0.39 is 0 Å². The Morgan fingerprint density at radius 2 is 1.78 bits per heavy atom. The summed E-state index contributed by atoms with van der Waals surface area (Å²) >= 11 is 0. The number of likely N-dealkylation sites (tertiary alicyclic amines) is 1. The molecule has 0 spiro atoms. The third-order valence-electron chi connectivity index (χ3n) is 3.67. The van der Waals surface area contributed by atoms with Crippen LogP contribution in [-0.2, 0) is 6.42 Å². The van der Waals surface area contributed by atoms with E-state index >= 15 is 0 Å². The SMILES string of the molecule is CCc1ccc(OCCCCN2CCCC2)cc1. The van der Waals surface area contributed by atoms with Crippen molar-refractivity contribution >= 4 is 0 Å². The molecule has 1 saturated heterocycles. The molecule has 1 fully saturated rings. The number of ether oxygens (including phenoxy) is 1. The average Bonchev–Trinajstić information content (AvgIpc) is 2.92. The van der Waals surface area contributed by atoms with Crippen molar-refractivity contribution in [2.75, 3.05) is 26.2 Å². The van der Waals surface area contributed by atoms with Gasteiger partial charge in [-0.1, -0.05) is 19.1 Å². The fourth-order valence-electron chi connectivity index (χ4n) is 2.46. The van der Waals surface area contributed by atoms with Gasteiger partial charge in [0.1, 0.15) is 5.75 Å². The van der Waals surface area contributed by atoms with Gasteiger partial charge in [-0.25, -0.2) is 0 Å². The molecule has 0 aliphatic carbocycles. The molecule has 0 saturated carbocycles. The van der Waals surface area contributed by atoms with E-state index in [0.717, 1.165) is 25.2 Å². The number of nitrogens with zero attached hydrogens (tertiary/aromatic N) is 1. The zero-order valence-electron chi connectivity index (χ0n) is 11.5. The first-order valence-corrected chi connectivity index (χ1v) is 7.32. The molecule has 0 aromatic heterocycles. The minimum absolute atomic E-state index is 0.847. The lowest BCUT2D eigenvalue weighted by Crippen LogP contribution is -2.20. The van der Waals surface area contributed by atoms with Gasteiger partial charge in [0.05, 0.1) is 6.61 Å². The van der Waals surface area contributed by atoms with Gasteiger partial charge < -0.3 is 9.64 Å². The van der Waals surface area contributed by atoms with Crippen molar-refractivity contribution in [1.82, 2.24) is 4.90 Å². The lowest BCUT2D eigenvalue weighted by molar-refractivity contribution is 0.279. The molecule has 100 valence electrons. The normalized spacial score (nSPS) is 16.1. The highest BCUT2D eigenvalue weighted by atomic mass is 16.5. The summed E-state index contributed by atoms with van der Waals surface area (Å²) in [6.45, 7) is 6.88. The third-order valence-corrected chi connectivity index (χ3v) is 3.67. The number of hydrogen-bond donors (Lipinski definition) is 0. The van der Waals surface area contributed by atoms with Crippen LogP contribution in [0.1, 0.15) is 38.2 Å². The van der Waals surface area contributed by atoms with Crippen molar-refractivity contribution in [1.29, 1.82) is 0 Å². The van der Waals surface area contributed by atoms with E-state index in [-0.39, 0.29) is 0 Å². The number of benzene rings is 1. The third kappa shape index (κ3) is 4.34. The Morgan fingerprint density at radius 3 is 2.44 bits per heavy atom. The van der Waals surface area contributed by atoms with Gasteiger partial charge in [0.15, 0.2) is 0 Å². The molecular weight excluding hydrogens is 222 g/mol. The summed E-state index contributed by atoms with van der Waals surface area (Å²) < 4.78 is 5.75.